The summed E-state index contributed by atoms with van der Waals surface area (Å²) < 4.78 is 16.6. The number of carbonyl (C=O) groups excluding carboxylic acids is 2. The molecule has 2 heterocycles. The monoisotopic (exact) mass is 496 g/mol. The van der Waals surface area contributed by atoms with Crippen LogP contribution in [-0.2, 0) is 11.3 Å². The van der Waals surface area contributed by atoms with Crippen molar-refractivity contribution in [3.63, 3.8) is 0 Å². The second-order valence-corrected chi connectivity index (χ2v) is 9.10. The summed E-state index contributed by atoms with van der Waals surface area (Å²) in [5, 5.41) is 3.01. The van der Waals surface area contributed by atoms with Crippen LogP contribution in [-0.4, -0.2) is 99.4 Å². The molecule has 194 valence electrons. The van der Waals surface area contributed by atoms with Crippen molar-refractivity contribution in [2.45, 2.75) is 19.1 Å². The lowest BCUT2D eigenvalue weighted by Gasteiger charge is -2.35. The van der Waals surface area contributed by atoms with Gasteiger partial charge in [-0.25, -0.2) is 4.79 Å². The summed E-state index contributed by atoms with van der Waals surface area (Å²) in [7, 11) is 3.15. The third kappa shape index (κ3) is 6.67. The number of carbonyl (C=O) groups is 2. The molecule has 0 aliphatic carbocycles. The lowest BCUT2D eigenvalue weighted by atomic mass is 10.1. The fourth-order valence-electron chi connectivity index (χ4n) is 4.70. The number of benzene rings is 2. The lowest BCUT2D eigenvalue weighted by molar-refractivity contribution is -0.0299. The average Bonchev–Trinajstić information content (AvgIpc) is 3.17. The number of ether oxygens (including phenoxy) is 3. The molecule has 0 aromatic heterocycles. The minimum Gasteiger partial charge on any atom is -0.493 e. The van der Waals surface area contributed by atoms with Crippen LogP contribution in [0.1, 0.15) is 22.3 Å². The van der Waals surface area contributed by atoms with Gasteiger partial charge in [0.2, 0.25) is 0 Å². The van der Waals surface area contributed by atoms with E-state index in [2.05, 4.69) is 10.2 Å². The quantitative estimate of drug-likeness (QED) is 0.634. The van der Waals surface area contributed by atoms with E-state index in [9.17, 15) is 9.59 Å². The van der Waals surface area contributed by atoms with E-state index in [1.807, 2.05) is 40.1 Å². The standard InChI is InChI=1S/C27H36N4O5/c1-34-24-10-9-22(17-25(24)35-2)26(32)30-12-6-11-29(13-14-30)19-23-20-31(15-16-36-23)27(33)28-18-21-7-4-3-5-8-21/h3-5,7-10,17,23H,6,11-16,18-20H2,1-2H3,(H,28,33)/t23-/m0/s1. The molecule has 1 atom stereocenters. The van der Waals surface area contributed by atoms with Crippen LogP contribution >= 0.6 is 0 Å². The van der Waals surface area contributed by atoms with Crippen LogP contribution in [0.25, 0.3) is 0 Å². The van der Waals surface area contributed by atoms with Crippen LogP contribution in [0.2, 0.25) is 0 Å². The minimum atomic E-state index is -0.0605. The molecule has 1 N–H and O–H groups in total. The highest BCUT2D eigenvalue weighted by Gasteiger charge is 2.27. The molecular formula is C27H36N4O5. The summed E-state index contributed by atoms with van der Waals surface area (Å²) in [6.07, 6.45) is 0.835. The van der Waals surface area contributed by atoms with Gasteiger partial charge in [0.05, 0.1) is 26.9 Å². The highest BCUT2D eigenvalue weighted by molar-refractivity contribution is 5.95. The first kappa shape index (κ1) is 25.8. The molecule has 2 aromatic rings. The van der Waals surface area contributed by atoms with E-state index in [1.165, 1.54) is 0 Å². The van der Waals surface area contributed by atoms with Crippen molar-refractivity contribution in [3.8, 4) is 11.5 Å². The van der Waals surface area contributed by atoms with Crippen LogP contribution in [0.4, 0.5) is 4.79 Å². The first-order valence-corrected chi connectivity index (χ1v) is 12.5. The highest BCUT2D eigenvalue weighted by Crippen LogP contribution is 2.28. The van der Waals surface area contributed by atoms with Crippen molar-refractivity contribution in [1.29, 1.82) is 0 Å². The number of nitrogens with zero attached hydrogens (tertiary/aromatic N) is 3. The molecule has 2 aliphatic heterocycles. The van der Waals surface area contributed by atoms with E-state index in [0.29, 0.717) is 56.4 Å². The Kier molecular flexibility index (Phi) is 9.02. The molecule has 0 bridgehead atoms. The predicted molar refractivity (Wildman–Crippen MR) is 136 cm³/mol. The number of methoxy groups -OCH3 is 2. The summed E-state index contributed by atoms with van der Waals surface area (Å²) >= 11 is 0. The smallest absolute Gasteiger partial charge is 0.317 e. The molecule has 2 aromatic carbocycles. The van der Waals surface area contributed by atoms with Crippen molar-refractivity contribution in [3.05, 3.63) is 59.7 Å². The van der Waals surface area contributed by atoms with Gasteiger partial charge < -0.3 is 29.3 Å². The normalized spacial score (nSPS) is 18.9. The Balaban J connectivity index is 1.26. The van der Waals surface area contributed by atoms with E-state index < -0.39 is 0 Å². The molecule has 0 spiro atoms. The number of hydrogen-bond acceptors (Lipinski definition) is 6. The van der Waals surface area contributed by atoms with E-state index in [0.717, 1.165) is 31.6 Å². The van der Waals surface area contributed by atoms with Crippen LogP contribution in [0, 0.1) is 0 Å². The first-order valence-electron chi connectivity index (χ1n) is 12.5. The first-order chi connectivity index (χ1) is 17.6. The van der Waals surface area contributed by atoms with E-state index in [-0.39, 0.29) is 18.0 Å². The third-order valence-corrected chi connectivity index (χ3v) is 6.68. The Morgan fingerprint density at radius 3 is 2.53 bits per heavy atom. The second kappa shape index (κ2) is 12.6. The van der Waals surface area contributed by atoms with Gasteiger partial charge in [0.25, 0.3) is 5.91 Å². The number of amides is 3. The summed E-state index contributed by atoms with van der Waals surface area (Å²) in [5.74, 6) is 1.14. The fourth-order valence-corrected chi connectivity index (χ4v) is 4.70. The van der Waals surface area contributed by atoms with Crippen molar-refractivity contribution in [2.75, 3.05) is 66.6 Å². The van der Waals surface area contributed by atoms with Gasteiger partial charge in [-0.3, -0.25) is 9.69 Å². The van der Waals surface area contributed by atoms with Gasteiger partial charge in [0.1, 0.15) is 0 Å². The topological polar surface area (TPSA) is 83.6 Å². The Labute approximate surface area is 212 Å². The molecule has 36 heavy (non-hydrogen) atoms. The maximum Gasteiger partial charge on any atom is 0.317 e. The highest BCUT2D eigenvalue weighted by atomic mass is 16.5. The van der Waals surface area contributed by atoms with Crippen LogP contribution in [0.3, 0.4) is 0 Å². The maximum atomic E-state index is 13.1. The zero-order valence-electron chi connectivity index (χ0n) is 21.2. The molecular weight excluding hydrogens is 460 g/mol. The van der Waals surface area contributed by atoms with Gasteiger partial charge in [0, 0.05) is 51.4 Å². The van der Waals surface area contributed by atoms with Gasteiger partial charge in [-0.2, -0.15) is 0 Å². The summed E-state index contributed by atoms with van der Waals surface area (Å²) in [6.45, 7) is 5.91. The molecule has 2 saturated heterocycles. The largest absolute Gasteiger partial charge is 0.493 e. The van der Waals surface area contributed by atoms with E-state index in [1.54, 1.807) is 32.4 Å². The van der Waals surface area contributed by atoms with Crippen molar-refractivity contribution >= 4 is 11.9 Å². The van der Waals surface area contributed by atoms with Crippen molar-refractivity contribution < 1.29 is 23.8 Å². The molecule has 0 unspecified atom stereocenters. The number of hydrogen-bond donors (Lipinski definition) is 1. The Morgan fingerprint density at radius 1 is 0.944 bits per heavy atom. The molecule has 4 rings (SSSR count). The molecule has 2 fully saturated rings. The summed E-state index contributed by atoms with van der Waals surface area (Å²) in [6, 6.07) is 15.1. The zero-order valence-corrected chi connectivity index (χ0v) is 21.2. The lowest BCUT2D eigenvalue weighted by Crippen LogP contribution is -2.52. The van der Waals surface area contributed by atoms with Crippen LogP contribution in [0.5, 0.6) is 11.5 Å². The average molecular weight is 497 g/mol. The molecule has 0 radical (unpaired) electrons. The second-order valence-electron chi connectivity index (χ2n) is 9.10. The van der Waals surface area contributed by atoms with Gasteiger partial charge in [-0.05, 0) is 36.7 Å². The Hall–Kier alpha value is -3.30. The van der Waals surface area contributed by atoms with Gasteiger partial charge in [-0.1, -0.05) is 30.3 Å². The number of rotatable bonds is 7. The Bertz CT molecular complexity index is 1020. The Morgan fingerprint density at radius 2 is 1.75 bits per heavy atom. The molecule has 0 saturated carbocycles. The molecule has 2 aliphatic rings. The fraction of sp³-hybridized carbons (Fsp3) is 0.481. The molecule has 9 nitrogen and oxygen atoms in total. The van der Waals surface area contributed by atoms with Gasteiger partial charge >= 0.3 is 6.03 Å². The molecule has 9 heteroatoms. The summed E-state index contributed by atoms with van der Waals surface area (Å²) in [4.78, 5) is 31.9. The zero-order chi connectivity index (χ0) is 25.3. The number of morpholine rings is 1. The predicted octanol–water partition coefficient (Wildman–Crippen LogP) is 2.46. The van der Waals surface area contributed by atoms with Crippen LogP contribution < -0.4 is 14.8 Å². The maximum absolute atomic E-state index is 13.1. The number of nitrogens with one attached hydrogen (secondary N) is 1. The van der Waals surface area contributed by atoms with E-state index in [4.69, 9.17) is 14.2 Å². The van der Waals surface area contributed by atoms with Gasteiger partial charge in [0.15, 0.2) is 11.5 Å². The minimum absolute atomic E-state index is 0.00650. The summed E-state index contributed by atoms with van der Waals surface area (Å²) in [5.41, 5.74) is 1.67. The SMILES string of the molecule is COc1ccc(C(=O)N2CCCN(C[C@H]3CN(C(=O)NCc4ccccc4)CCO3)CC2)cc1OC. The number of urea groups is 1. The van der Waals surface area contributed by atoms with Crippen molar-refractivity contribution in [2.24, 2.45) is 0 Å². The van der Waals surface area contributed by atoms with E-state index >= 15 is 0 Å². The van der Waals surface area contributed by atoms with Crippen molar-refractivity contribution in [1.82, 2.24) is 20.0 Å². The molecule has 3 amide bonds. The van der Waals surface area contributed by atoms with Crippen LogP contribution in [0.15, 0.2) is 48.5 Å². The third-order valence-electron chi connectivity index (χ3n) is 6.68. The van der Waals surface area contributed by atoms with Gasteiger partial charge in [-0.15, -0.1) is 0 Å².